The van der Waals surface area contributed by atoms with E-state index in [1.807, 2.05) is 48.7 Å². The van der Waals surface area contributed by atoms with Crippen molar-refractivity contribution in [3.05, 3.63) is 65.7 Å². The molecule has 0 saturated carbocycles. The molecule has 102 valence electrons. The Kier molecular flexibility index (Phi) is 4.06. The average Bonchev–Trinajstić information content (AvgIpc) is 3.03. The van der Waals surface area contributed by atoms with Crippen LogP contribution in [0.4, 0.5) is 5.69 Å². The van der Waals surface area contributed by atoms with Crippen LogP contribution in [0.1, 0.15) is 17.2 Å². The van der Waals surface area contributed by atoms with Gasteiger partial charge in [-0.15, -0.1) is 0 Å². The van der Waals surface area contributed by atoms with Crippen LogP contribution < -0.4 is 10.7 Å². The molecule has 0 bridgehead atoms. The van der Waals surface area contributed by atoms with Crippen molar-refractivity contribution in [2.24, 2.45) is 5.10 Å². The summed E-state index contributed by atoms with van der Waals surface area (Å²) in [5.74, 6) is 0. The molecule has 0 amide bonds. The Morgan fingerprint density at radius 3 is 2.60 bits per heavy atom. The Bertz CT molecular complexity index is 560. The van der Waals surface area contributed by atoms with E-state index in [-0.39, 0.29) is 6.10 Å². The topological polar surface area (TPSA) is 45.7 Å². The molecule has 1 aliphatic rings. The number of para-hydroxylation sites is 1. The second-order valence-corrected chi connectivity index (χ2v) is 4.66. The lowest BCUT2D eigenvalue weighted by molar-refractivity contribution is 0.114. The maximum Gasteiger partial charge on any atom is 0.0975 e. The van der Waals surface area contributed by atoms with Crippen LogP contribution in [0, 0.1) is 0 Å². The lowest BCUT2D eigenvalue weighted by Gasteiger charge is -2.08. The molecule has 1 aliphatic heterocycles. The first-order valence-electron chi connectivity index (χ1n) is 6.68. The molecule has 1 fully saturated rings. The quantitative estimate of drug-likeness (QED) is 0.661. The Labute approximate surface area is 118 Å². The zero-order chi connectivity index (χ0) is 13.6. The van der Waals surface area contributed by atoms with Crippen LogP contribution in [0.15, 0.2) is 59.7 Å². The van der Waals surface area contributed by atoms with Gasteiger partial charge in [-0.2, -0.15) is 5.10 Å². The number of ether oxygens (including phenoxy) is 1. The highest BCUT2D eigenvalue weighted by Gasteiger charge is 2.16. The third-order valence-electron chi connectivity index (χ3n) is 3.21. The summed E-state index contributed by atoms with van der Waals surface area (Å²) in [6.07, 6.45) is 1.98. The molecule has 4 nitrogen and oxygen atoms in total. The van der Waals surface area contributed by atoms with Crippen molar-refractivity contribution in [1.29, 1.82) is 0 Å². The minimum atomic E-state index is 0.170. The third kappa shape index (κ3) is 3.23. The number of nitrogens with zero attached hydrogens (tertiary/aromatic N) is 1. The molecule has 2 aromatic rings. The number of rotatable bonds is 4. The van der Waals surface area contributed by atoms with Crippen molar-refractivity contribution < 1.29 is 4.74 Å². The highest BCUT2D eigenvalue weighted by molar-refractivity contribution is 5.80. The Balaban J connectivity index is 1.60. The molecule has 20 heavy (non-hydrogen) atoms. The van der Waals surface area contributed by atoms with E-state index in [9.17, 15) is 0 Å². The van der Waals surface area contributed by atoms with Crippen molar-refractivity contribution in [3.8, 4) is 0 Å². The van der Waals surface area contributed by atoms with Gasteiger partial charge >= 0.3 is 0 Å². The molecule has 2 aromatic carbocycles. The zero-order valence-corrected chi connectivity index (χ0v) is 11.1. The summed E-state index contributed by atoms with van der Waals surface area (Å²) in [5.41, 5.74) is 6.23. The minimum Gasteiger partial charge on any atom is -0.357 e. The van der Waals surface area contributed by atoms with Gasteiger partial charge in [0.15, 0.2) is 0 Å². The number of hydrazone groups is 1. The first kappa shape index (κ1) is 12.8. The molecule has 4 heteroatoms. The van der Waals surface area contributed by atoms with Crippen LogP contribution in [0.3, 0.4) is 0 Å². The summed E-state index contributed by atoms with van der Waals surface area (Å²) < 4.78 is 5.56. The molecule has 1 unspecified atom stereocenters. The van der Waals surface area contributed by atoms with Gasteiger partial charge in [-0.25, -0.2) is 0 Å². The molecule has 3 rings (SSSR count). The average molecular weight is 267 g/mol. The number of hydrogen-bond acceptors (Lipinski definition) is 4. The van der Waals surface area contributed by atoms with Gasteiger partial charge in [0, 0.05) is 6.54 Å². The van der Waals surface area contributed by atoms with Gasteiger partial charge in [0.05, 0.1) is 24.7 Å². The van der Waals surface area contributed by atoms with Crippen molar-refractivity contribution in [2.45, 2.75) is 6.10 Å². The van der Waals surface area contributed by atoms with Crippen molar-refractivity contribution in [1.82, 2.24) is 5.32 Å². The number of hydrogen-bond donors (Lipinski definition) is 2. The van der Waals surface area contributed by atoms with Crippen LogP contribution in [-0.2, 0) is 4.74 Å². The smallest absolute Gasteiger partial charge is 0.0975 e. The van der Waals surface area contributed by atoms with E-state index in [0.29, 0.717) is 6.73 Å². The summed E-state index contributed by atoms with van der Waals surface area (Å²) in [4.78, 5) is 0. The fourth-order valence-electron chi connectivity index (χ4n) is 2.11. The molecule has 0 aliphatic carbocycles. The maximum absolute atomic E-state index is 5.56. The third-order valence-corrected chi connectivity index (χ3v) is 3.21. The standard InChI is InChI=1S/C16H17N3O/c1-2-4-15(5-3-1)19-18-10-13-6-8-14(9-7-13)16-11-17-12-20-16/h1-10,16-17,19H,11-12H2. The second-order valence-electron chi connectivity index (χ2n) is 4.66. The predicted octanol–water partition coefficient (Wildman–Crippen LogP) is 2.75. The van der Waals surface area contributed by atoms with Crippen LogP contribution in [0.5, 0.6) is 0 Å². The molecular weight excluding hydrogens is 250 g/mol. The molecule has 1 atom stereocenters. The summed E-state index contributed by atoms with van der Waals surface area (Å²) in [6.45, 7) is 1.51. The van der Waals surface area contributed by atoms with Gasteiger partial charge in [0.2, 0.25) is 0 Å². The molecule has 1 saturated heterocycles. The second kappa shape index (κ2) is 6.32. The highest BCUT2D eigenvalue weighted by Crippen LogP contribution is 2.19. The fourth-order valence-corrected chi connectivity index (χ4v) is 2.11. The van der Waals surface area contributed by atoms with Crippen molar-refractivity contribution in [2.75, 3.05) is 18.7 Å². The van der Waals surface area contributed by atoms with Crippen molar-refractivity contribution >= 4 is 11.9 Å². The molecule has 0 radical (unpaired) electrons. The molecule has 1 heterocycles. The highest BCUT2D eigenvalue weighted by atomic mass is 16.5. The van der Waals surface area contributed by atoms with E-state index in [0.717, 1.165) is 17.8 Å². The van der Waals surface area contributed by atoms with Gasteiger partial charge in [-0.05, 0) is 23.3 Å². The molecule has 0 aromatic heterocycles. The zero-order valence-electron chi connectivity index (χ0n) is 11.1. The van der Waals surface area contributed by atoms with E-state index in [1.54, 1.807) is 0 Å². The van der Waals surface area contributed by atoms with E-state index in [2.05, 4.69) is 28.0 Å². The largest absolute Gasteiger partial charge is 0.357 e. The maximum atomic E-state index is 5.56. The fraction of sp³-hybridized carbons (Fsp3) is 0.188. The van der Waals surface area contributed by atoms with E-state index in [4.69, 9.17) is 4.74 Å². The summed E-state index contributed by atoms with van der Waals surface area (Å²) in [6, 6.07) is 18.2. The molecule has 2 N–H and O–H groups in total. The summed E-state index contributed by atoms with van der Waals surface area (Å²) in [5, 5.41) is 7.40. The van der Waals surface area contributed by atoms with Gasteiger partial charge in [0.1, 0.15) is 0 Å². The Hall–Kier alpha value is -2.17. The lowest BCUT2D eigenvalue weighted by atomic mass is 10.1. The van der Waals surface area contributed by atoms with Gasteiger partial charge in [-0.1, -0.05) is 42.5 Å². The van der Waals surface area contributed by atoms with E-state index < -0.39 is 0 Å². The molecule has 0 spiro atoms. The van der Waals surface area contributed by atoms with Crippen LogP contribution in [-0.4, -0.2) is 19.5 Å². The van der Waals surface area contributed by atoms with Crippen LogP contribution >= 0.6 is 0 Å². The normalized spacial score (nSPS) is 18.5. The lowest BCUT2D eigenvalue weighted by Crippen LogP contribution is -2.07. The number of benzene rings is 2. The molecular formula is C16H17N3O. The SMILES string of the molecule is C(=NNc1ccccc1)c1ccc(C2CNCO2)cc1. The first-order valence-corrected chi connectivity index (χ1v) is 6.68. The Morgan fingerprint density at radius 2 is 1.90 bits per heavy atom. The Morgan fingerprint density at radius 1 is 1.10 bits per heavy atom. The number of anilines is 1. The van der Waals surface area contributed by atoms with Gasteiger partial charge < -0.3 is 4.74 Å². The first-order chi connectivity index (χ1) is 9.92. The van der Waals surface area contributed by atoms with E-state index >= 15 is 0 Å². The predicted molar refractivity (Wildman–Crippen MR) is 80.8 cm³/mol. The van der Waals surface area contributed by atoms with Crippen LogP contribution in [0.25, 0.3) is 0 Å². The van der Waals surface area contributed by atoms with Crippen molar-refractivity contribution in [3.63, 3.8) is 0 Å². The minimum absolute atomic E-state index is 0.170. The summed E-state index contributed by atoms with van der Waals surface area (Å²) >= 11 is 0. The summed E-state index contributed by atoms with van der Waals surface area (Å²) in [7, 11) is 0. The number of nitrogens with one attached hydrogen (secondary N) is 2. The monoisotopic (exact) mass is 267 g/mol. The van der Waals surface area contributed by atoms with Gasteiger partial charge in [-0.3, -0.25) is 10.7 Å². The van der Waals surface area contributed by atoms with Crippen LogP contribution in [0.2, 0.25) is 0 Å². The van der Waals surface area contributed by atoms with Gasteiger partial charge in [0.25, 0.3) is 0 Å². The van der Waals surface area contributed by atoms with E-state index in [1.165, 1.54) is 5.56 Å².